The number of aromatic nitrogens is 6. The maximum absolute atomic E-state index is 13.9. The van der Waals surface area contributed by atoms with E-state index in [4.69, 9.17) is 20.2 Å². The van der Waals surface area contributed by atoms with Gasteiger partial charge in [0.15, 0.2) is 6.10 Å². The van der Waals surface area contributed by atoms with Crippen LogP contribution in [-0.2, 0) is 32.5 Å². The van der Waals surface area contributed by atoms with Crippen molar-refractivity contribution in [2.45, 2.75) is 76.6 Å². The third-order valence-corrected chi connectivity index (χ3v) is 11.2. The van der Waals surface area contributed by atoms with Crippen LogP contribution in [0.3, 0.4) is 0 Å². The molecule has 2 fully saturated rings. The summed E-state index contributed by atoms with van der Waals surface area (Å²) in [6.07, 6.45) is 9.90. The number of primary amides is 1. The molecule has 0 radical (unpaired) electrons. The number of ether oxygens (including phenoxy) is 2. The van der Waals surface area contributed by atoms with Gasteiger partial charge in [-0.2, -0.15) is 0 Å². The van der Waals surface area contributed by atoms with Gasteiger partial charge in [-0.3, -0.25) is 14.9 Å². The predicted molar refractivity (Wildman–Crippen MR) is 214 cm³/mol. The fourth-order valence-corrected chi connectivity index (χ4v) is 7.94. The molecule has 300 valence electrons. The zero-order valence-corrected chi connectivity index (χ0v) is 33.0. The van der Waals surface area contributed by atoms with Crippen molar-refractivity contribution < 1.29 is 23.9 Å². The number of imidazole rings is 3. The lowest BCUT2D eigenvalue weighted by Crippen LogP contribution is -2.48. The summed E-state index contributed by atoms with van der Waals surface area (Å²) in [6.45, 7) is 5.32. The first-order chi connectivity index (χ1) is 27.6. The minimum atomic E-state index is -0.948. The van der Waals surface area contributed by atoms with Crippen LogP contribution < -0.4 is 11.1 Å². The average Bonchev–Trinajstić information content (AvgIpc) is 4.08. The molecule has 2 unspecified atom stereocenters. The van der Waals surface area contributed by atoms with Crippen LogP contribution in [0.25, 0.3) is 33.6 Å². The number of hydrogen-bond donors (Lipinski definition) is 4. The number of amides is 3. The maximum atomic E-state index is 13.9. The van der Waals surface area contributed by atoms with Crippen molar-refractivity contribution in [2.75, 3.05) is 26.9 Å². The van der Waals surface area contributed by atoms with E-state index in [0.717, 1.165) is 70.8 Å². The summed E-state index contributed by atoms with van der Waals surface area (Å²) in [7, 11) is 3.52. The number of likely N-dealkylation sites (tertiary alicyclic amines) is 2. The quantitative estimate of drug-likeness (QED) is 0.0994. The highest BCUT2D eigenvalue weighted by atomic mass is 16.6. The Morgan fingerprint density at radius 1 is 0.842 bits per heavy atom. The van der Waals surface area contributed by atoms with Crippen LogP contribution in [0.15, 0.2) is 73.4 Å². The predicted octanol–water partition coefficient (Wildman–Crippen LogP) is 5.51. The minimum Gasteiger partial charge on any atom is -0.436 e. The van der Waals surface area contributed by atoms with Crippen LogP contribution in [0.5, 0.6) is 0 Å². The molecule has 0 saturated carbocycles. The highest BCUT2D eigenvalue weighted by Crippen LogP contribution is 2.35. The van der Waals surface area contributed by atoms with Gasteiger partial charge in [0.2, 0.25) is 5.91 Å². The number of carbonyl (C=O) groups is 3. The first-order valence-corrected chi connectivity index (χ1v) is 19.7. The zero-order valence-electron chi connectivity index (χ0n) is 33.0. The van der Waals surface area contributed by atoms with E-state index in [2.05, 4.69) is 73.8 Å². The first kappa shape index (κ1) is 39.4. The van der Waals surface area contributed by atoms with Crippen molar-refractivity contribution in [2.24, 2.45) is 18.7 Å². The van der Waals surface area contributed by atoms with E-state index in [1.807, 2.05) is 42.8 Å². The van der Waals surface area contributed by atoms with Gasteiger partial charge in [-0.1, -0.05) is 62.4 Å². The fraction of sp³-hybridized carbons (Fsp3) is 0.429. The Bertz CT molecular complexity index is 2140. The van der Waals surface area contributed by atoms with Crippen LogP contribution in [-0.4, -0.2) is 96.3 Å². The highest BCUT2D eigenvalue weighted by molar-refractivity contribution is 5.84. The molecule has 7 rings (SSSR count). The molecule has 5 N–H and O–H groups in total. The molecule has 57 heavy (non-hydrogen) atoms. The molecule has 2 saturated heterocycles. The Kier molecular flexibility index (Phi) is 12.1. The van der Waals surface area contributed by atoms with Gasteiger partial charge < -0.3 is 39.5 Å². The second kappa shape index (κ2) is 17.6. The number of nitrogens with two attached hydrogens (primary N) is 1. The topological polar surface area (TPSA) is 189 Å². The van der Waals surface area contributed by atoms with Crippen LogP contribution in [0.2, 0.25) is 0 Å². The van der Waals surface area contributed by atoms with E-state index in [9.17, 15) is 14.4 Å². The number of methoxy groups -OCH3 is 1. The number of nitrogens with one attached hydrogen (secondary N) is 3. The zero-order chi connectivity index (χ0) is 40.1. The van der Waals surface area contributed by atoms with E-state index in [0.29, 0.717) is 31.8 Å². The molecule has 15 heteroatoms. The molecule has 5 atom stereocenters. The number of rotatable bonds is 15. The number of carbonyl (C=O) groups excluding carboxylic acids is 3. The molecule has 0 bridgehead atoms. The lowest BCUT2D eigenvalue weighted by Gasteiger charge is -2.29. The molecule has 2 aromatic carbocycles. The number of aromatic amines is 2. The number of aryl methyl sites for hydroxylation is 1. The molecule has 2 aliphatic heterocycles. The number of H-pyrrole nitrogens is 2. The fourth-order valence-electron chi connectivity index (χ4n) is 7.94. The first-order valence-electron chi connectivity index (χ1n) is 19.7. The minimum absolute atomic E-state index is 0.0119. The molecule has 3 aromatic heterocycles. The summed E-state index contributed by atoms with van der Waals surface area (Å²) in [6, 6.07) is 15.8. The van der Waals surface area contributed by atoms with Crippen molar-refractivity contribution >= 4 is 17.9 Å². The summed E-state index contributed by atoms with van der Waals surface area (Å²) in [5, 5.41) is 3.24. The van der Waals surface area contributed by atoms with Gasteiger partial charge in [0.1, 0.15) is 11.6 Å². The summed E-state index contributed by atoms with van der Waals surface area (Å²) in [5.41, 5.74) is 12.0. The highest BCUT2D eigenvalue weighted by Gasteiger charge is 2.39. The van der Waals surface area contributed by atoms with E-state index < -0.39 is 18.2 Å². The van der Waals surface area contributed by atoms with Gasteiger partial charge >= 0.3 is 6.09 Å². The van der Waals surface area contributed by atoms with Gasteiger partial charge in [-0.05, 0) is 54.4 Å². The summed E-state index contributed by atoms with van der Waals surface area (Å²) in [5.74, 6) is 1.09. The van der Waals surface area contributed by atoms with E-state index in [1.165, 1.54) is 0 Å². The van der Waals surface area contributed by atoms with Crippen LogP contribution in [0.1, 0.15) is 75.4 Å². The largest absolute Gasteiger partial charge is 0.436 e. The third-order valence-electron chi connectivity index (χ3n) is 11.2. The summed E-state index contributed by atoms with van der Waals surface area (Å²) in [4.78, 5) is 63.4. The van der Waals surface area contributed by atoms with E-state index >= 15 is 0 Å². The second-order valence-electron chi connectivity index (χ2n) is 15.1. The Morgan fingerprint density at radius 3 is 1.84 bits per heavy atom. The molecule has 5 aromatic rings. The summed E-state index contributed by atoms with van der Waals surface area (Å²) < 4.78 is 12.4. The molecule has 3 amide bonds. The molecule has 0 spiro atoms. The van der Waals surface area contributed by atoms with Gasteiger partial charge in [-0.25, -0.2) is 19.7 Å². The van der Waals surface area contributed by atoms with Gasteiger partial charge in [0.25, 0.3) is 5.91 Å². The van der Waals surface area contributed by atoms with Crippen molar-refractivity contribution in [1.29, 1.82) is 0 Å². The standard InChI is InChI=1S/C42H52N10O5/c1-5-26(2)37(57-42(43)55)41(54)52-19-7-9-36(52)39-45-22-34(49-39)30-16-12-28(13-17-30)27-10-14-29(15-11-27)33-21-44-38(48-33)35-8-6-18-51(35)40(53)32(47-25-56-4)20-31-23-50(3)24-46-31/h10-17,21-24,26,32,35-37,47H,5-9,18-20,25H2,1-4H3,(H2,43,55)(H,44,48)(H,45,49)/t26?,32-,35?,36-,37-/m0/s1. The smallest absolute Gasteiger partial charge is 0.405 e. The lowest BCUT2D eigenvalue weighted by molar-refractivity contribution is -0.144. The van der Waals surface area contributed by atoms with E-state index in [1.54, 1.807) is 24.5 Å². The van der Waals surface area contributed by atoms with Gasteiger partial charge in [0.05, 0.1) is 60.7 Å². The summed E-state index contributed by atoms with van der Waals surface area (Å²) >= 11 is 0. The van der Waals surface area contributed by atoms with Crippen LogP contribution in [0.4, 0.5) is 4.79 Å². The molecule has 15 nitrogen and oxygen atoms in total. The van der Waals surface area contributed by atoms with Gasteiger partial charge in [0, 0.05) is 45.8 Å². The van der Waals surface area contributed by atoms with E-state index in [-0.39, 0.29) is 36.5 Å². The number of benzene rings is 2. The van der Waals surface area contributed by atoms with Crippen molar-refractivity contribution in [3.05, 3.63) is 90.8 Å². The monoisotopic (exact) mass is 776 g/mol. The van der Waals surface area contributed by atoms with Crippen molar-refractivity contribution in [3.63, 3.8) is 0 Å². The van der Waals surface area contributed by atoms with Crippen molar-refractivity contribution in [3.8, 4) is 33.6 Å². The molecular weight excluding hydrogens is 725 g/mol. The number of hydrogen-bond acceptors (Lipinski definition) is 9. The Hall–Kier alpha value is -5.80. The second-order valence-corrected chi connectivity index (χ2v) is 15.1. The van der Waals surface area contributed by atoms with Gasteiger partial charge in [-0.15, -0.1) is 0 Å². The third kappa shape index (κ3) is 8.79. The normalized spacial score (nSPS) is 18.5. The Labute approximate surface area is 332 Å². The molecule has 5 heterocycles. The van der Waals surface area contributed by atoms with Crippen molar-refractivity contribution in [1.82, 2.24) is 44.6 Å². The Balaban J connectivity index is 0.996. The Morgan fingerprint density at radius 2 is 1.37 bits per heavy atom. The van der Waals surface area contributed by atoms with Crippen LogP contribution in [0, 0.1) is 5.92 Å². The molecule has 2 aliphatic rings. The lowest BCUT2D eigenvalue weighted by atomic mass is 10.00. The number of nitrogens with zero attached hydrogens (tertiary/aromatic N) is 6. The molecular formula is C42H52N10O5. The van der Waals surface area contributed by atoms with Crippen LogP contribution >= 0.6 is 0 Å². The average molecular weight is 777 g/mol. The maximum Gasteiger partial charge on any atom is 0.405 e. The SMILES string of the molecule is CCC(C)[C@H](OC(N)=O)C(=O)N1CCC[C@H]1c1ncc(-c2ccc(-c3ccc(-c4cnc(C5CCCN5C(=O)[C@H](Cc5cn(C)cn5)NCOC)[nH]4)cc3)cc2)[nH]1. The molecule has 0 aliphatic carbocycles.